The van der Waals surface area contributed by atoms with Gasteiger partial charge in [-0.15, -0.1) is 12.6 Å². The third-order valence-corrected chi connectivity index (χ3v) is 2.80. The van der Waals surface area contributed by atoms with E-state index in [2.05, 4.69) is 12.6 Å². The maximum atomic E-state index is 11.3. The first-order valence-corrected chi connectivity index (χ1v) is 5.70. The van der Waals surface area contributed by atoms with Gasteiger partial charge in [0, 0.05) is 11.6 Å². The SMILES string of the molecule is O=C(O)C=C(C(=O)S)c1ccc2ccccc2c1. The highest BCUT2D eigenvalue weighted by Crippen LogP contribution is 2.22. The zero-order chi connectivity index (χ0) is 13.1. The Morgan fingerprint density at radius 1 is 1.06 bits per heavy atom. The number of carbonyl (C=O) groups is 2. The summed E-state index contributed by atoms with van der Waals surface area (Å²) in [6.07, 6.45) is 0.874. The fraction of sp³-hybridized carbons (Fsp3) is 0. The lowest BCUT2D eigenvalue weighted by atomic mass is 10.0. The molecule has 0 amide bonds. The van der Waals surface area contributed by atoms with E-state index in [9.17, 15) is 9.59 Å². The molecule has 0 unspecified atom stereocenters. The van der Waals surface area contributed by atoms with E-state index in [0.29, 0.717) is 5.56 Å². The number of hydrogen-bond acceptors (Lipinski definition) is 2. The molecule has 0 fully saturated rings. The largest absolute Gasteiger partial charge is 0.478 e. The van der Waals surface area contributed by atoms with Crippen molar-refractivity contribution in [3.63, 3.8) is 0 Å². The highest BCUT2D eigenvalue weighted by atomic mass is 32.1. The minimum absolute atomic E-state index is 0.0802. The summed E-state index contributed by atoms with van der Waals surface area (Å²) in [5.41, 5.74) is 0.632. The monoisotopic (exact) mass is 258 g/mol. The second kappa shape index (κ2) is 5.06. The first kappa shape index (κ1) is 12.4. The van der Waals surface area contributed by atoms with Gasteiger partial charge in [-0.2, -0.15) is 0 Å². The number of carboxylic acids is 1. The predicted molar refractivity (Wildman–Crippen MR) is 73.6 cm³/mol. The molecule has 0 radical (unpaired) electrons. The molecule has 4 heteroatoms. The molecule has 0 heterocycles. The number of aliphatic carboxylic acids is 1. The van der Waals surface area contributed by atoms with Gasteiger partial charge in [-0.3, -0.25) is 4.79 Å². The van der Waals surface area contributed by atoms with Crippen LogP contribution in [-0.4, -0.2) is 16.2 Å². The second-order valence-corrected chi connectivity index (χ2v) is 4.17. The van der Waals surface area contributed by atoms with Crippen molar-refractivity contribution in [2.24, 2.45) is 0 Å². The van der Waals surface area contributed by atoms with Crippen LogP contribution < -0.4 is 0 Å². The van der Waals surface area contributed by atoms with Crippen LogP contribution in [0.5, 0.6) is 0 Å². The van der Waals surface area contributed by atoms with E-state index in [4.69, 9.17) is 5.11 Å². The highest BCUT2D eigenvalue weighted by Gasteiger charge is 2.10. The summed E-state index contributed by atoms with van der Waals surface area (Å²) in [6, 6.07) is 13.0. The van der Waals surface area contributed by atoms with Crippen molar-refractivity contribution in [1.29, 1.82) is 0 Å². The summed E-state index contributed by atoms with van der Waals surface area (Å²) in [7, 11) is 0. The quantitative estimate of drug-likeness (QED) is 0.657. The van der Waals surface area contributed by atoms with Crippen molar-refractivity contribution in [3.05, 3.63) is 54.1 Å². The fourth-order valence-electron chi connectivity index (χ4n) is 1.75. The Morgan fingerprint density at radius 3 is 2.33 bits per heavy atom. The average molecular weight is 258 g/mol. The Balaban J connectivity index is 2.58. The Bertz CT molecular complexity index is 659. The van der Waals surface area contributed by atoms with Crippen LogP contribution in [0.3, 0.4) is 0 Å². The minimum atomic E-state index is -1.17. The average Bonchev–Trinajstić information content (AvgIpc) is 2.35. The molecule has 3 nitrogen and oxygen atoms in total. The molecule has 2 aromatic rings. The van der Waals surface area contributed by atoms with Crippen molar-refractivity contribution in [2.45, 2.75) is 0 Å². The lowest BCUT2D eigenvalue weighted by Gasteiger charge is -2.04. The van der Waals surface area contributed by atoms with Crippen LogP contribution in [0.4, 0.5) is 0 Å². The molecule has 0 aliphatic rings. The molecule has 2 rings (SSSR count). The van der Waals surface area contributed by atoms with E-state index in [1.165, 1.54) is 0 Å². The van der Waals surface area contributed by atoms with Crippen LogP contribution in [0.1, 0.15) is 5.56 Å². The maximum absolute atomic E-state index is 11.3. The van der Waals surface area contributed by atoms with Crippen molar-refractivity contribution in [1.82, 2.24) is 0 Å². The van der Waals surface area contributed by atoms with Crippen molar-refractivity contribution in [2.75, 3.05) is 0 Å². The lowest BCUT2D eigenvalue weighted by molar-refractivity contribution is -0.131. The summed E-state index contributed by atoms with van der Waals surface area (Å²) < 4.78 is 0. The Kier molecular flexibility index (Phi) is 3.48. The third-order valence-electron chi connectivity index (χ3n) is 2.56. The molecule has 0 bridgehead atoms. The highest BCUT2D eigenvalue weighted by molar-refractivity contribution is 7.98. The first-order chi connectivity index (χ1) is 8.58. The van der Waals surface area contributed by atoms with Crippen LogP contribution >= 0.6 is 12.6 Å². The van der Waals surface area contributed by atoms with Crippen molar-refractivity contribution in [3.8, 4) is 0 Å². The van der Waals surface area contributed by atoms with E-state index in [0.717, 1.165) is 16.8 Å². The topological polar surface area (TPSA) is 54.4 Å². The molecular formula is C14H10O3S. The first-order valence-electron chi connectivity index (χ1n) is 5.25. The van der Waals surface area contributed by atoms with Crippen molar-refractivity contribution >= 4 is 40.1 Å². The normalized spacial score (nSPS) is 11.5. The van der Waals surface area contributed by atoms with E-state index in [1.54, 1.807) is 12.1 Å². The molecule has 0 atom stereocenters. The number of fused-ring (bicyclic) bond motifs is 1. The molecule has 0 saturated carbocycles. The van der Waals surface area contributed by atoms with Crippen molar-refractivity contribution < 1.29 is 14.7 Å². The van der Waals surface area contributed by atoms with Crippen LogP contribution in [0.15, 0.2) is 48.5 Å². The Hall–Kier alpha value is -2.07. The standard InChI is InChI=1S/C14H10O3S/c15-13(16)8-12(14(17)18)11-6-5-9-3-1-2-4-10(9)7-11/h1-8H,(H,15,16)(H,17,18). The van der Waals surface area contributed by atoms with E-state index in [-0.39, 0.29) is 5.57 Å². The lowest BCUT2D eigenvalue weighted by Crippen LogP contribution is -1.98. The van der Waals surface area contributed by atoms with Gasteiger partial charge in [-0.25, -0.2) is 4.79 Å². The summed E-state index contributed by atoms with van der Waals surface area (Å²) in [5.74, 6) is -1.17. The number of carboxylic acid groups (broad SMARTS) is 1. The molecule has 0 aliphatic heterocycles. The molecule has 90 valence electrons. The summed E-state index contributed by atoms with van der Waals surface area (Å²) in [4.78, 5) is 22.0. The number of rotatable bonds is 3. The van der Waals surface area contributed by atoms with Gasteiger partial charge in [0.25, 0.3) is 0 Å². The molecular weight excluding hydrogens is 248 g/mol. The van der Waals surface area contributed by atoms with Crippen LogP contribution in [0.25, 0.3) is 16.3 Å². The van der Waals surface area contributed by atoms with Gasteiger partial charge >= 0.3 is 5.97 Å². The summed E-state index contributed by atoms with van der Waals surface area (Å²) >= 11 is 3.70. The van der Waals surface area contributed by atoms with Gasteiger partial charge in [-0.05, 0) is 22.4 Å². The van der Waals surface area contributed by atoms with Gasteiger partial charge < -0.3 is 5.11 Å². The predicted octanol–water partition coefficient (Wildman–Crippen LogP) is 2.76. The molecule has 0 saturated heterocycles. The molecule has 0 aromatic heterocycles. The zero-order valence-electron chi connectivity index (χ0n) is 9.33. The van der Waals surface area contributed by atoms with Crippen LogP contribution in [0.2, 0.25) is 0 Å². The molecule has 0 aliphatic carbocycles. The van der Waals surface area contributed by atoms with E-state index < -0.39 is 11.1 Å². The zero-order valence-corrected chi connectivity index (χ0v) is 10.2. The smallest absolute Gasteiger partial charge is 0.329 e. The van der Waals surface area contributed by atoms with Gasteiger partial charge in [0.1, 0.15) is 0 Å². The van der Waals surface area contributed by atoms with Gasteiger partial charge in [-0.1, -0.05) is 36.4 Å². The third kappa shape index (κ3) is 2.60. The molecule has 0 spiro atoms. The number of thiol groups is 1. The summed E-state index contributed by atoms with van der Waals surface area (Å²) in [6.45, 7) is 0. The van der Waals surface area contributed by atoms with Crippen LogP contribution in [-0.2, 0) is 9.59 Å². The summed E-state index contributed by atoms with van der Waals surface area (Å²) in [5, 5.41) is 10.2. The Labute approximate surface area is 109 Å². The van der Waals surface area contributed by atoms with Gasteiger partial charge in [0.2, 0.25) is 5.12 Å². The minimum Gasteiger partial charge on any atom is -0.478 e. The van der Waals surface area contributed by atoms with E-state index in [1.807, 2.05) is 30.3 Å². The number of hydrogen-bond donors (Lipinski definition) is 2. The van der Waals surface area contributed by atoms with Crippen LogP contribution in [0, 0.1) is 0 Å². The fourth-order valence-corrected chi connectivity index (χ4v) is 1.94. The van der Waals surface area contributed by atoms with Gasteiger partial charge in [0.05, 0.1) is 0 Å². The Morgan fingerprint density at radius 2 is 1.72 bits per heavy atom. The second-order valence-electron chi connectivity index (χ2n) is 3.76. The number of carbonyl (C=O) groups excluding carboxylic acids is 1. The molecule has 18 heavy (non-hydrogen) atoms. The number of benzene rings is 2. The maximum Gasteiger partial charge on any atom is 0.329 e. The van der Waals surface area contributed by atoms with Gasteiger partial charge in [0.15, 0.2) is 0 Å². The van der Waals surface area contributed by atoms with E-state index >= 15 is 0 Å². The molecule has 1 N–H and O–H groups in total. The molecule has 2 aromatic carbocycles.